The van der Waals surface area contributed by atoms with Crippen molar-refractivity contribution < 1.29 is 17.1 Å². The molecule has 0 aromatic heterocycles. The van der Waals surface area contributed by atoms with Crippen LogP contribution in [-0.2, 0) is 17.1 Å². The van der Waals surface area contributed by atoms with Gasteiger partial charge in [-0.05, 0) is 0 Å². The molecule has 0 aliphatic heterocycles. The maximum atomic E-state index is 2.38. The van der Waals surface area contributed by atoms with Crippen LogP contribution in [-0.4, -0.2) is 0 Å². The van der Waals surface area contributed by atoms with Crippen LogP contribution in [0.2, 0.25) is 5.52 Å². The molecule has 2 rings (SSSR count). The summed E-state index contributed by atoms with van der Waals surface area (Å²) in [4.78, 5) is 0. The summed E-state index contributed by atoms with van der Waals surface area (Å²) in [5.74, 6) is 0. The summed E-state index contributed by atoms with van der Waals surface area (Å²) >= 11 is -0.431. The van der Waals surface area contributed by atoms with Crippen LogP contribution < -0.4 is 4.16 Å². The number of fused-ring (bicyclic) bond motifs is 1. The fourth-order valence-corrected chi connectivity index (χ4v) is 3.86. The molecule has 0 spiro atoms. The van der Waals surface area contributed by atoms with Crippen molar-refractivity contribution in [1.82, 2.24) is 0 Å². The Kier molecular flexibility index (Phi) is 2.23. The van der Waals surface area contributed by atoms with E-state index in [1.165, 1.54) is 10.8 Å². The average Bonchev–Trinajstić information content (AvgIpc) is 2.17. The van der Waals surface area contributed by atoms with Crippen molar-refractivity contribution in [3.05, 3.63) is 42.5 Å². The van der Waals surface area contributed by atoms with Crippen molar-refractivity contribution in [3.8, 4) is 0 Å². The summed E-state index contributed by atoms with van der Waals surface area (Å²) in [5, 5.41) is 2.87. The molecule has 0 N–H and O–H groups in total. The van der Waals surface area contributed by atoms with Crippen LogP contribution in [0, 0.1) is 0 Å². The SMILES string of the molecule is [CH3][Zn][c]1cccc2ccccc12. The van der Waals surface area contributed by atoms with E-state index in [9.17, 15) is 0 Å². The molecule has 0 radical (unpaired) electrons. The number of hydrogen-bond acceptors (Lipinski definition) is 0. The van der Waals surface area contributed by atoms with Crippen molar-refractivity contribution in [1.29, 1.82) is 0 Å². The fraction of sp³-hybridized carbons (Fsp3) is 0.0909. The van der Waals surface area contributed by atoms with Gasteiger partial charge < -0.3 is 0 Å². The van der Waals surface area contributed by atoms with Crippen molar-refractivity contribution in [3.63, 3.8) is 0 Å². The molecule has 0 aliphatic carbocycles. The first kappa shape index (κ1) is 7.95. The first-order chi connectivity index (χ1) is 5.92. The normalized spacial score (nSPS) is 9.75. The van der Waals surface area contributed by atoms with Crippen LogP contribution >= 0.6 is 0 Å². The van der Waals surface area contributed by atoms with E-state index in [1.807, 2.05) is 0 Å². The third kappa shape index (κ3) is 1.30. The van der Waals surface area contributed by atoms with Gasteiger partial charge in [-0.3, -0.25) is 0 Å². The zero-order valence-electron chi connectivity index (χ0n) is 7.25. The number of hydrogen-bond donors (Lipinski definition) is 0. The van der Waals surface area contributed by atoms with Gasteiger partial charge in [-0.1, -0.05) is 0 Å². The van der Waals surface area contributed by atoms with E-state index in [4.69, 9.17) is 0 Å². The molecule has 0 saturated heterocycles. The molecule has 0 saturated carbocycles. The molecule has 0 nitrogen and oxygen atoms in total. The second-order valence-corrected chi connectivity index (χ2v) is 6.07. The summed E-state index contributed by atoms with van der Waals surface area (Å²) < 4.78 is 1.63. The third-order valence-electron chi connectivity index (χ3n) is 2.26. The summed E-state index contributed by atoms with van der Waals surface area (Å²) in [6.45, 7) is 0. The van der Waals surface area contributed by atoms with E-state index >= 15 is 0 Å². The predicted octanol–water partition coefficient (Wildman–Crippen LogP) is 2.60. The van der Waals surface area contributed by atoms with Crippen LogP contribution in [0.25, 0.3) is 10.8 Å². The van der Waals surface area contributed by atoms with E-state index < -0.39 is 17.1 Å². The Morgan fingerprint density at radius 3 is 2.50 bits per heavy atom. The molecule has 0 fully saturated rings. The van der Waals surface area contributed by atoms with Gasteiger partial charge in [-0.15, -0.1) is 0 Å². The quantitative estimate of drug-likeness (QED) is 0.631. The van der Waals surface area contributed by atoms with E-state index in [1.54, 1.807) is 4.16 Å². The molecular weight excluding hydrogens is 198 g/mol. The summed E-state index contributed by atoms with van der Waals surface area (Å²) in [5.41, 5.74) is 2.38. The molecule has 0 aliphatic rings. The topological polar surface area (TPSA) is 0 Å². The zero-order chi connectivity index (χ0) is 8.39. The Balaban J connectivity index is 2.79. The van der Waals surface area contributed by atoms with E-state index in [-0.39, 0.29) is 0 Å². The second kappa shape index (κ2) is 3.37. The van der Waals surface area contributed by atoms with Crippen molar-refractivity contribution >= 4 is 14.9 Å². The Morgan fingerprint density at radius 1 is 0.917 bits per heavy atom. The monoisotopic (exact) mass is 206 g/mol. The van der Waals surface area contributed by atoms with Crippen LogP contribution in [0.4, 0.5) is 0 Å². The minimum absolute atomic E-state index is 0.431. The summed E-state index contributed by atoms with van der Waals surface area (Å²) in [6, 6.07) is 15.3. The predicted molar refractivity (Wildman–Crippen MR) is 49.4 cm³/mol. The first-order valence-corrected chi connectivity index (χ1v) is 8.83. The molecule has 0 heterocycles. The number of rotatable bonds is 1. The first-order valence-electron chi connectivity index (χ1n) is 4.38. The third-order valence-corrected chi connectivity index (χ3v) is 5.15. The molecule has 0 amide bonds. The fourth-order valence-electron chi connectivity index (χ4n) is 1.60. The Hall–Kier alpha value is -0.677. The van der Waals surface area contributed by atoms with E-state index in [0.717, 1.165) is 0 Å². The molecule has 2 aromatic rings. The van der Waals surface area contributed by atoms with Gasteiger partial charge in [0.2, 0.25) is 0 Å². The molecule has 12 heavy (non-hydrogen) atoms. The van der Waals surface area contributed by atoms with Crippen LogP contribution in [0.1, 0.15) is 0 Å². The molecule has 2 aromatic carbocycles. The molecular formula is C11H10Zn. The van der Waals surface area contributed by atoms with E-state index in [2.05, 4.69) is 48.0 Å². The van der Waals surface area contributed by atoms with Crippen LogP contribution in [0.3, 0.4) is 0 Å². The van der Waals surface area contributed by atoms with Crippen molar-refractivity contribution in [2.75, 3.05) is 0 Å². The Labute approximate surface area is 80.2 Å². The van der Waals surface area contributed by atoms with Gasteiger partial charge in [-0.25, -0.2) is 0 Å². The van der Waals surface area contributed by atoms with Gasteiger partial charge in [0.25, 0.3) is 0 Å². The van der Waals surface area contributed by atoms with Gasteiger partial charge in [0.05, 0.1) is 0 Å². The minimum atomic E-state index is -0.431. The maximum absolute atomic E-state index is 2.38. The molecule has 56 valence electrons. The van der Waals surface area contributed by atoms with Gasteiger partial charge in [0, 0.05) is 0 Å². The van der Waals surface area contributed by atoms with Gasteiger partial charge in [0.15, 0.2) is 0 Å². The standard InChI is InChI=1S/C10H7.CH3.Zn/c1-2-6-10-8-4-3-7-9(10)5-1;;/h1-7H;1H3;. The van der Waals surface area contributed by atoms with Gasteiger partial charge in [-0.2, -0.15) is 0 Å². The van der Waals surface area contributed by atoms with Crippen LogP contribution in [0.15, 0.2) is 42.5 Å². The molecule has 0 unspecified atom stereocenters. The van der Waals surface area contributed by atoms with Crippen LogP contribution in [0.5, 0.6) is 0 Å². The molecule has 0 atom stereocenters. The molecule has 1 heteroatoms. The van der Waals surface area contributed by atoms with E-state index in [0.29, 0.717) is 0 Å². The van der Waals surface area contributed by atoms with Crippen molar-refractivity contribution in [2.45, 2.75) is 5.52 Å². The number of benzene rings is 2. The van der Waals surface area contributed by atoms with Gasteiger partial charge in [0.1, 0.15) is 0 Å². The second-order valence-electron chi connectivity index (χ2n) is 2.99. The zero-order valence-corrected chi connectivity index (χ0v) is 10.2. The summed E-state index contributed by atoms with van der Waals surface area (Å²) in [7, 11) is 0. The Bertz CT molecular complexity index is 388. The Morgan fingerprint density at radius 2 is 1.67 bits per heavy atom. The molecule has 0 bridgehead atoms. The summed E-state index contributed by atoms with van der Waals surface area (Å²) in [6.07, 6.45) is 0. The van der Waals surface area contributed by atoms with Crippen molar-refractivity contribution in [2.24, 2.45) is 0 Å². The average molecular weight is 208 g/mol. The van der Waals surface area contributed by atoms with Gasteiger partial charge >= 0.3 is 80.0 Å².